The molecule has 2 aliphatic rings. The van der Waals surface area contributed by atoms with Crippen molar-refractivity contribution in [3.8, 4) is 5.75 Å². The second kappa shape index (κ2) is 8.36. The molecule has 0 saturated carbocycles. The molecule has 0 N–H and O–H groups in total. The zero-order valence-electron chi connectivity index (χ0n) is 15.3. The van der Waals surface area contributed by atoms with Gasteiger partial charge in [0, 0.05) is 52.0 Å². The van der Waals surface area contributed by atoms with Crippen LogP contribution < -0.4 is 14.5 Å². The minimum absolute atomic E-state index is 0.727. The molecule has 0 atom stereocenters. The van der Waals surface area contributed by atoms with Gasteiger partial charge in [0.2, 0.25) is 5.95 Å². The van der Waals surface area contributed by atoms with Gasteiger partial charge in [0.1, 0.15) is 18.2 Å². The van der Waals surface area contributed by atoms with Crippen LogP contribution in [0.25, 0.3) is 0 Å². The van der Waals surface area contributed by atoms with E-state index in [2.05, 4.69) is 19.7 Å². The Morgan fingerprint density at radius 1 is 0.846 bits per heavy atom. The van der Waals surface area contributed by atoms with E-state index in [0.29, 0.717) is 0 Å². The number of anilines is 2. The Hall–Kier alpha value is -2.34. The summed E-state index contributed by atoms with van der Waals surface area (Å²) in [5.74, 6) is 2.89. The number of para-hydroxylation sites is 1. The number of ether oxygens (including phenoxy) is 1. The Morgan fingerprint density at radius 2 is 1.62 bits per heavy atom. The van der Waals surface area contributed by atoms with E-state index in [1.54, 1.807) is 0 Å². The van der Waals surface area contributed by atoms with Crippen LogP contribution in [0, 0.1) is 0 Å². The molecule has 6 nitrogen and oxygen atoms in total. The van der Waals surface area contributed by atoms with Crippen molar-refractivity contribution < 1.29 is 4.74 Å². The van der Waals surface area contributed by atoms with Crippen molar-refractivity contribution in [1.82, 2.24) is 14.9 Å². The van der Waals surface area contributed by atoms with E-state index < -0.39 is 0 Å². The van der Waals surface area contributed by atoms with E-state index in [4.69, 9.17) is 9.72 Å². The molecule has 2 saturated heterocycles. The van der Waals surface area contributed by atoms with Crippen molar-refractivity contribution >= 4 is 11.8 Å². The van der Waals surface area contributed by atoms with Gasteiger partial charge in [-0.2, -0.15) is 4.98 Å². The Morgan fingerprint density at radius 3 is 2.38 bits per heavy atom. The summed E-state index contributed by atoms with van der Waals surface area (Å²) < 4.78 is 5.81. The molecule has 0 amide bonds. The van der Waals surface area contributed by atoms with Crippen molar-refractivity contribution in [2.24, 2.45) is 0 Å². The van der Waals surface area contributed by atoms with Crippen molar-refractivity contribution in [3.63, 3.8) is 0 Å². The van der Waals surface area contributed by atoms with E-state index in [-0.39, 0.29) is 0 Å². The van der Waals surface area contributed by atoms with Gasteiger partial charge in [-0.15, -0.1) is 0 Å². The molecule has 3 heterocycles. The molecule has 2 fully saturated rings. The molecule has 6 heteroatoms. The lowest BCUT2D eigenvalue weighted by atomic mass is 10.3. The van der Waals surface area contributed by atoms with Gasteiger partial charge in [-0.1, -0.05) is 18.2 Å². The molecule has 0 unspecified atom stereocenters. The highest BCUT2D eigenvalue weighted by atomic mass is 16.5. The molecule has 0 radical (unpaired) electrons. The maximum absolute atomic E-state index is 5.81. The molecule has 0 spiro atoms. The first kappa shape index (κ1) is 17.1. The van der Waals surface area contributed by atoms with Gasteiger partial charge < -0.3 is 14.5 Å². The van der Waals surface area contributed by atoms with Gasteiger partial charge in [0.05, 0.1) is 0 Å². The second-order valence-electron chi connectivity index (χ2n) is 6.90. The fourth-order valence-electron chi connectivity index (χ4n) is 3.59. The first-order valence-corrected chi connectivity index (χ1v) is 9.62. The van der Waals surface area contributed by atoms with E-state index in [1.165, 1.54) is 12.8 Å². The zero-order valence-corrected chi connectivity index (χ0v) is 15.3. The third-order valence-corrected chi connectivity index (χ3v) is 5.13. The summed E-state index contributed by atoms with van der Waals surface area (Å²) in [4.78, 5) is 16.4. The summed E-state index contributed by atoms with van der Waals surface area (Å²) in [6, 6.07) is 12.1. The molecular weight excluding hydrogens is 326 g/mol. The van der Waals surface area contributed by atoms with Gasteiger partial charge in [0.25, 0.3) is 0 Å². The van der Waals surface area contributed by atoms with Gasteiger partial charge in [0.15, 0.2) is 0 Å². The average Bonchev–Trinajstić information content (AvgIpc) is 3.24. The predicted molar refractivity (Wildman–Crippen MR) is 104 cm³/mol. The fraction of sp³-hybridized carbons (Fsp3) is 0.500. The van der Waals surface area contributed by atoms with Crippen LogP contribution in [0.5, 0.6) is 5.75 Å². The highest BCUT2D eigenvalue weighted by Crippen LogP contribution is 2.20. The Bertz CT molecular complexity index is 682. The summed E-state index contributed by atoms with van der Waals surface area (Å²) in [7, 11) is 0. The quantitative estimate of drug-likeness (QED) is 0.794. The number of aromatic nitrogens is 2. The molecule has 1 aromatic heterocycles. The van der Waals surface area contributed by atoms with Crippen LogP contribution in [-0.4, -0.2) is 67.3 Å². The van der Waals surface area contributed by atoms with Crippen molar-refractivity contribution in [3.05, 3.63) is 42.6 Å². The molecule has 2 aromatic rings. The summed E-state index contributed by atoms with van der Waals surface area (Å²) in [6.07, 6.45) is 4.43. The summed E-state index contributed by atoms with van der Waals surface area (Å²) in [5, 5.41) is 0. The molecule has 0 bridgehead atoms. The number of hydrogen-bond donors (Lipinski definition) is 0. The van der Waals surface area contributed by atoms with Gasteiger partial charge >= 0.3 is 0 Å². The minimum atomic E-state index is 0.727. The van der Waals surface area contributed by atoms with Crippen LogP contribution in [-0.2, 0) is 0 Å². The van der Waals surface area contributed by atoms with Crippen LogP contribution in [0.1, 0.15) is 12.8 Å². The lowest BCUT2D eigenvalue weighted by molar-refractivity contribution is 0.200. The first-order valence-electron chi connectivity index (χ1n) is 9.62. The molecule has 26 heavy (non-hydrogen) atoms. The molecule has 0 aliphatic carbocycles. The number of hydrogen-bond acceptors (Lipinski definition) is 6. The highest BCUT2D eigenvalue weighted by molar-refractivity contribution is 5.44. The van der Waals surface area contributed by atoms with Crippen molar-refractivity contribution in [2.75, 3.05) is 62.2 Å². The van der Waals surface area contributed by atoms with Crippen LogP contribution in [0.4, 0.5) is 11.8 Å². The standard InChI is InChI=1S/C20H27N5O/c1-2-6-18(7-3-1)26-17-16-23-12-14-25(15-13-23)20-21-9-8-19(22-20)24-10-4-5-11-24/h1-3,6-9H,4-5,10-17H2. The number of benzene rings is 1. The second-order valence-corrected chi connectivity index (χ2v) is 6.90. The van der Waals surface area contributed by atoms with Gasteiger partial charge in [-0.3, -0.25) is 4.90 Å². The van der Waals surface area contributed by atoms with Gasteiger partial charge in [-0.25, -0.2) is 4.98 Å². The summed E-state index contributed by atoms with van der Waals surface area (Å²) >= 11 is 0. The van der Waals surface area contributed by atoms with E-state index in [0.717, 1.165) is 69.9 Å². The normalized spacial score (nSPS) is 18.3. The molecule has 4 rings (SSSR count). The van der Waals surface area contributed by atoms with Crippen LogP contribution in [0.3, 0.4) is 0 Å². The van der Waals surface area contributed by atoms with Crippen LogP contribution in [0.2, 0.25) is 0 Å². The largest absolute Gasteiger partial charge is 0.492 e. The molecule has 138 valence electrons. The van der Waals surface area contributed by atoms with Crippen LogP contribution >= 0.6 is 0 Å². The third-order valence-electron chi connectivity index (χ3n) is 5.13. The molecule has 2 aliphatic heterocycles. The highest BCUT2D eigenvalue weighted by Gasteiger charge is 2.20. The fourth-order valence-corrected chi connectivity index (χ4v) is 3.59. The summed E-state index contributed by atoms with van der Waals surface area (Å²) in [6.45, 7) is 7.90. The maximum atomic E-state index is 5.81. The Kier molecular flexibility index (Phi) is 5.50. The minimum Gasteiger partial charge on any atom is -0.492 e. The number of rotatable bonds is 6. The zero-order chi connectivity index (χ0) is 17.6. The predicted octanol–water partition coefficient (Wildman–Crippen LogP) is 2.28. The Labute approximate surface area is 155 Å². The molecular formula is C20H27N5O. The third kappa shape index (κ3) is 4.25. The number of piperazine rings is 1. The Balaban J connectivity index is 1.25. The average molecular weight is 353 g/mol. The topological polar surface area (TPSA) is 44.7 Å². The van der Waals surface area contributed by atoms with E-state index >= 15 is 0 Å². The van der Waals surface area contributed by atoms with Crippen molar-refractivity contribution in [1.29, 1.82) is 0 Å². The monoisotopic (exact) mass is 353 g/mol. The lowest BCUT2D eigenvalue weighted by Gasteiger charge is -2.34. The SMILES string of the molecule is c1ccc(OCCN2CCN(c3nccc(N4CCCC4)n3)CC2)cc1. The smallest absolute Gasteiger partial charge is 0.227 e. The van der Waals surface area contributed by atoms with Crippen LogP contribution in [0.15, 0.2) is 42.6 Å². The maximum Gasteiger partial charge on any atom is 0.227 e. The first-order chi connectivity index (χ1) is 12.9. The van der Waals surface area contributed by atoms with E-state index in [9.17, 15) is 0 Å². The number of nitrogens with zero attached hydrogens (tertiary/aromatic N) is 5. The summed E-state index contributed by atoms with van der Waals surface area (Å²) in [5.41, 5.74) is 0. The van der Waals surface area contributed by atoms with Crippen molar-refractivity contribution in [2.45, 2.75) is 12.8 Å². The molecule has 1 aromatic carbocycles. The lowest BCUT2D eigenvalue weighted by Crippen LogP contribution is -2.48. The van der Waals surface area contributed by atoms with E-state index in [1.807, 2.05) is 42.6 Å². The van der Waals surface area contributed by atoms with Gasteiger partial charge in [-0.05, 0) is 31.0 Å².